The average molecular weight is 302 g/mol. The molecule has 21 heavy (non-hydrogen) atoms. The van der Waals surface area contributed by atoms with Crippen LogP contribution in [0.4, 0.5) is 0 Å². The molecule has 0 bridgehead atoms. The first-order valence-electron chi connectivity index (χ1n) is 7.57. The van der Waals surface area contributed by atoms with Gasteiger partial charge in [-0.15, -0.1) is 11.3 Å². The molecule has 2 N–H and O–H groups in total. The second-order valence-electron chi connectivity index (χ2n) is 7.12. The molecule has 2 heterocycles. The van der Waals surface area contributed by atoms with Crippen LogP contribution in [0.3, 0.4) is 0 Å². The van der Waals surface area contributed by atoms with Gasteiger partial charge in [-0.2, -0.15) is 0 Å². The lowest BCUT2D eigenvalue weighted by atomic mass is 9.76. The fraction of sp³-hybridized carbons (Fsp3) is 0.529. The van der Waals surface area contributed by atoms with Crippen LogP contribution < -0.4 is 5.73 Å². The number of fused-ring (bicyclic) bond motifs is 2. The van der Waals surface area contributed by atoms with E-state index in [0.717, 1.165) is 23.1 Å². The molecule has 4 heteroatoms. The van der Waals surface area contributed by atoms with Crippen LogP contribution in [0.1, 0.15) is 54.5 Å². The molecule has 2 aromatic rings. The summed E-state index contributed by atoms with van der Waals surface area (Å²) in [5, 5.41) is 1.06. The van der Waals surface area contributed by atoms with Crippen molar-refractivity contribution >= 4 is 27.5 Å². The number of amides is 1. The van der Waals surface area contributed by atoms with Gasteiger partial charge in [0.15, 0.2) is 0 Å². The van der Waals surface area contributed by atoms with Crippen LogP contribution in [0.15, 0.2) is 12.1 Å². The van der Waals surface area contributed by atoms with Crippen molar-refractivity contribution in [1.29, 1.82) is 0 Å². The maximum absolute atomic E-state index is 11.3. The van der Waals surface area contributed by atoms with Gasteiger partial charge in [-0.3, -0.25) is 4.79 Å². The summed E-state index contributed by atoms with van der Waals surface area (Å²) in [6, 6.07) is 4.11. The monoisotopic (exact) mass is 302 g/mol. The average Bonchev–Trinajstić information content (AvgIpc) is 2.67. The molecular formula is C17H22N2OS. The molecule has 0 radical (unpaired) electrons. The minimum absolute atomic E-state index is 0.323. The molecule has 0 fully saturated rings. The Morgan fingerprint density at radius 1 is 1.38 bits per heavy atom. The lowest BCUT2D eigenvalue weighted by molar-refractivity contribution is 0.100. The van der Waals surface area contributed by atoms with Crippen molar-refractivity contribution in [2.75, 3.05) is 0 Å². The number of hydrogen-bond acceptors (Lipinski definition) is 3. The Morgan fingerprint density at radius 2 is 2.14 bits per heavy atom. The van der Waals surface area contributed by atoms with Crippen molar-refractivity contribution in [1.82, 2.24) is 4.98 Å². The fourth-order valence-electron chi connectivity index (χ4n) is 3.19. The standard InChI is InChI=1S/C17H22N2OS/c1-17(2,3)12-5-4-6-13-10(8-12)7-11-9-14(15(18)20)21-16(11)19-13/h7,9,12H,4-6,8H2,1-3H3,(H2,18,20). The third kappa shape index (κ3) is 2.82. The van der Waals surface area contributed by atoms with Gasteiger partial charge in [-0.05, 0) is 54.7 Å². The van der Waals surface area contributed by atoms with Crippen molar-refractivity contribution in [3.8, 4) is 0 Å². The Balaban J connectivity index is 2.04. The number of rotatable bonds is 1. The molecule has 3 nitrogen and oxygen atoms in total. The minimum Gasteiger partial charge on any atom is -0.365 e. The van der Waals surface area contributed by atoms with Crippen LogP contribution in [0.2, 0.25) is 0 Å². The van der Waals surface area contributed by atoms with Crippen LogP contribution in [-0.4, -0.2) is 10.9 Å². The largest absolute Gasteiger partial charge is 0.365 e. The van der Waals surface area contributed by atoms with Crippen LogP contribution in [0.25, 0.3) is 10.2 Å². The molecule has 112 valence electrons. The number of nitrogens with two attached hydrogens (primary N) is 1. The van der Waals surface area contributed by atoms with Crippen LogP contribution >= 0.6 is 11.3 Å². The molecule has 0 spiro atoms. The molecule has 1 amide bonds. The van der Waals surface area contributed by atoms with Gasteiger partial charge in [-0.1, -0.05) is 20.8 Å². The number of primary amides is 1. The summed E-state index contributed by atoms with van der Waals surface area (Å²) < 4.78 is 0. The van der Waals surface area contributed by atoms with Crippen molar-refractivity contribution in [2.45, 2.75) is 46.5 Å². The second-order valence-corrected chi connectivity index (χ2v) is 8.15. The summed E-state index contributed by atoms with van der Waals surface area (Å²) in [7, 11) is 0. The van der Waals surface area contributed by atoms with Crippen molar-refractivity contribution in [2.24, 2.45) is 17.1 Å². The summed E-state index contributed by atoms with van der Waals surface area (Å²) >= 11 is 1.41. The lowest BCUT2D eigenvalue weighted by Gasteiger charge is -2.29. The van der Waals surface area contributed by atoms with E-state index in [0.29, 0.717) is 16.2 Å². The van der Waals surface area contributed by atoms with Gasteiger partial charge in [-0.25, -0.2) is 4.98 Å². The molecule has 1 aliphatic rings. The topological polar surface area (TPSA) is 56.0 Å². The van der Waals surface area contributed by atoms with E-state index >= 15 is 0 Å². The highest BCUT2D eigenvalue weighted by Gasteiger charge is 2.28. The Bertz CT molecular complexity index is 697. The first kappa shape index (κ1) is 14.5. The summed E-state index contributed by atoms with van der Waals surface area (Å²) in [5.41, 5.74) is 8.27. The molecule has 0 aromatic carbocycles. The number of nitrogens with zero attached hydrogens (tertiary/aromatic N) is 1. The Morgan fingerprint density at radius 3 is 2.81 bits per heavy atom. The molecule has 1 aliphatic carbocycles. The number of aryl methyl sites for hydroxylation is 1. The van der Waals surface area contributed by atoms with Gasteiger partial charge in [0.05, 0.1) is 4.88 Å². The summed E-state index contributed by atoms with van der Waals surface area (Å²) in [5.74, 6) is 0.327. The van der Waals surface area contributed by atoms with E-state index in [-0.39, 0.29) is 5.91 Å². The Kier molecular flexibility index (Phi) is 3.52. The van der Waals surface area contributed by atoms with E-state index in [1.54, 1.807) is 0 Å². The molecule has 0 saturated carbocycles. The molecular weight excluding hydrogens is 280 g/mol. The zero-order chi connectivity index (χ0) is 15.2. The summed E-state index contributed by atoms with van der Waals surface area (Å²) in [6.45, 7) is 6.97. The molecule has 1 unspecified atom stereocenters. The predicted octanol–water partition coefficient (Wildman–Crippen LogP) is 3.94. The number of carbonyl (C=O) groups is 1. The highest BCUT2D eigenvalue weighted by molar-refractivity contribution is 7.20. The van der Waals surface area contributed by atoms with Gasteiger partial charge < -0.3 is 5.73 Å². The minimum atomic E-state index is -0.360. The maximum Gasteiger partial charge on any atom is 0.258 e. The zero-order valence-electron chi connectivity index (χ0n) is 12.9. The molecule has 0 saturated heterocycles. The first-order valence-corrected chi connectivity index (χ1v) is 8.38. The van der Waals surface area contributed by atoms with Gasteiger partial charge in [0, 0.05) is 11.1 Å². The second kappa shape index (κ2) is 5.09. The maximum atomic E-state index is 11.3. The third-order valence-corrected chi connectivity index (χ3v) is 5.64. The van der Waals surface area contributed by atoms with E-state index in [9.17, 15) is 4.79 Å². The quantitative estimate of drug-likeness (QED) is 0.811. The van der Waals surface area contributed by atoms with Crippen molar-refractivity contribution < 1.29 is 4.79 Å². The van der Waals surface area contributed by atoms with E-state index in [4.69, 9.17) is 10.7 Å². The van der Waals surface area contributed by atoms with Gasteiger partial charge in [0.25, 0.3) is 5.91 Å². The number of pyridine rings is 1. The molecule has 0 aliphatic heterocycles. The highest BCUT2D eigenvalue weighted by Crippen LogP contribution is 2.37. The highest BCUT2D eigenvalue weighted by atomic mass is 32.1. The van der Waals surface area contributed by atoms with Crippen molar-refractivity contribution in [3.63, 3.8) is 0 Å². The molecule has 3 rings (SSSR count). The first-order chi connectivity index (χ1) is 9.84. The summed E-state index contributed by atoms with van der Waals surface area (Å²) in [6.07, 6.45) is 4.59. The molecule has 1 atom stereocenters. The zero-order valence-corrected chi connectivity index (χ0v) is 13.7. The van der Waals surface area contributed by atoms with Crippen molar-refractivity contribution in [3.05, 3.63) is 28.3 Å². The predicted molar refractivity (Wildman–Crippen MR) is 87.7 cm³/mol. The Hall–Kier alpha value is -1.42. The van der Waals surface area contributed by atoms with E-state index in [1.807, 2.05) is 6.07 Å². The van der Waals surface area contributed by atoms with E-state index in [1.165, 1.54) is 35.4 Å². The number of hydrogen-bond donors (Lipinski definition) is 1. The van der Waals surface area contributed by atoms with Gasteiger partial charge in [0.1, 0.15) is 4.83 Å². The SMILES string of the molecule is CC(C)(C)C1CCCc2nc3sc(C(N)=O)cc3cc2C1. The normalized spacial score (nSPS) is 19.3. The smallest absolute Gasteiger partial charge is 0.258 e. The summed E-state index contributed by atoms with van der Waals surface area (Å²) in [4.78, 5) is 17.7. The number of thiophene rings is 1. The Labute approximate surface area is 129 Å². The van der Waals surface area contributed by atoms with Crippen LogP contribution in [0, 0.1) is 11.3 Å². The van der Waals surface area contributed by atoms with Gasteiger partial charge in [0.2, 0.25) is 0 Å². The fourth-order valence-corrected chi connectivity index (χ4v) is 4.08. The van der Waals surface area contributed by atoms with E-state index < -0.39 is 0 Å². The van der Waals surface area contributed by atoms with Gasteiger partial charge >= 0.3 is 0 Å². The van der Waals surface area contributed by atoms with E-state index in [2.05, 4.69) is 26.8 Å². The lowest BCUT2D eigenvalue weighted by Crippen LogP contribution is -2.22. The molecule has 2 aromatic heterocycles. The van der Waals surface area contributed by atoms with Crippen LogP contribution in [-0.2, 0) is 12.8 Å². The van der Waals surface area contributed by atoms with Crippen LogP contribution in [0.5, 0.6) is 0 Å². The third-order valence-electron chi connectivity index (χ3n) is 4.58. The number of carbonyl (C=O) groups excluding carboxylic acids is 1. The number of aromatic nitrogens is 1.